The second-order valence-corrected chi connectivity index (χ2v) is 7.65. The number of phenols is 1. The number of fused-ring (bicyclic) bond motifs is 3. The van der Waals surface area contributed by atoms with E-state index in [9.17, 15) is 34.8 Å². The molecular formula is C20H19NO7. The third-order valence-corrected chi connectivity index (χ3v) is 6.27. The molecule has 1 amide bonds. The Balaban J connectivity index is 1.96. The lowest BCUT2D eigenvalue weighted by Gasteiger charge is -2.48. The minimum absolute atomic E-state index is 0.0997. The van der Waals surface area contributed by atoms with E-state index < -0.39 is 57.9 Å². The van der Waals surface area contributed by atoms with Crippen LogP contribution in [0.3, 0.4) is 0 Å². The lowest BCUT2D eigenvalue weighted by atomic mass is 9.56. The molecule has 0 spiro atoms. The Kier molecular flexibility index (Phi) is 3.70. The van der Waals surface area contributed by atoms with Gasteiger partial charge in [-0.25, -0.2) is 0 Å². The molecule has 0 aromatic heterocycles. The monoisotopic (exact) mass is 385 g/mol. The van der Waals surface area contributed by atoms with E-state index >= 15 is 0 Å². The van der Waals surface area contributed by atoms with Crippen LogP contribution in [-0.4, -0.2) is 43.5 Å². The molecule has 6 N–H and O–H groups in total. The number of nitrogens with two attached hydrogens (primary N) is 1. The average molecular weight is 385 g/mol. The normalized spacial score (nSPS) is 32.0. The predicted octanol–water partition coefficient (Wildman–Crippen LogP) is 0.670. The number of carbonyl (C=O) groups excluding carboxylic acids is 3. The minimum Gasteiger partial charge on any atom is -0.508 e. The smallest absolute Gasteiger partial charge is 0.255 e. The van der Waals surface area contributed by atoms with Gasteiger partial charge in [-0.1, -0.05) is 19.1 Å². The Morgan fingerprint density at radius 1 is 1.21 bits per heavy atom. The summed E-state index contributed by atoms with van der Waals surface area (Å²) in [5.74, 6) is -7.12. The number of ketones is 2. The fraction of sp³-hybridized carbons (Fsp3) is 0.350. The van der Waals surface area contributed by atoms with Crippen molar-refractivity contribution in [1.29, 1.82) is 0 Å². The van der Waals surface area contributed by atoms with Crippen molar-refractivity contribution in [1.82, 2.24) is 0 Å². The van der Waals surface area contributed by atoms with Crippen LogP contribution in [0.15, 0.2) is 35.1 Å². The van der Waals surface area contributed by atoms with E-state index in [1.165, 1.54) is 13.0 Å². The van der Waals surface area contributed by atoms with Crippen LogP contribution >= 0.6 is 0 Å². The molecule has 4 rings (SSSR count). The van der Waals surface area contributed by atoms with Gasteiger partial charge in [0.15, 0.2) is 11.4 Å². The van der Waals surface area contributed by atoms with Crippen LogP contribution in [0.5, 0.6) is 5.75 Å². The molecule has 8 heteroatoms. The fourth-order valence-electron chi connectivity index (χ4n) is 4.88. The van der Waals surface area contributed by atoms with Crippen molar-refractivity contribution in [3.05, 3.63) is 46.2 Å². The number of carbonyl (C=O) groups is 3. The van der Waals surface area contributed by atoms with Crippen molar-refractivity contribution in [3.63, 3.8) is 0 Å². The number of aliphatic hydroxyl groups is 3. The lowest BCUT2D eigenvalue weighted by Crippen LogP contribution is -2.60. The van der Waals surface area contributed by atoms with E-state index in [4.69, 9.17) is 5.73 Å². The van der Waals surface area contributed by atoms with E-state index in [2.05, 4.69) is 0 Å². The molecule has 1 fully saturated rings. The summed E-state index contributed by atoms with van der Waals surface area (Å²) in [7, 11) is 0. The average Bonchev–Trinajstić information content (AvgIpc) is 2.62. The highest BCUT2D eigenvalue weighted by Gasteiger charge is 2.62. The van der Waals surface area contributed by atoms with Crippen molar-refractivity contribution < 1.29 is 34.8 Å². The maximum Gasteiger partial charge on any atom is 0.255 e. The van der Waals surface area contributed by atoms with Crippen LogP contribution in [0.1, 0.15) is 24.5 Å². The van der Waals surface area contributed by atoms with Gasteiger partial charge in [0.1, 0.15) is 22.8 Å². The molecule has 8 nitrogen and oxygen atoms in total. The Hall–Kier alpha value is -3.13. The van der Waals surface area contributed by atoms with Crippen LogP contribution in [-0.2, 0) is 20.8 Å². The van der Waals surface area contributed by atoms with E-state index in [1.54, 1.807) is 12.1 Å². The molecule has 2 unspecified atom stereocenters. The van der Waals surface area contributed by atoms with Gasteiger partial charge in [-0.3, -0.25) is 14.4 Å². The zero-order valence-corrected chi connectivity index (χ0v) is 15.0. The first kappa shape index (κ1) is 18.2. The number of rotatable bonds is 1. The first-order valence-electron chi connectivity index (χ1n) is 8.89. The highest BCUT2D eigenvalue weighted by molar-refractivity contribution is 6.23. The molecule has 0 saturated heterocycles. The summed E-state index contributed by atoms with van der Waals surface area (Å²) in [5, 5.41) is 42.5. The number of hydrogen-bond acceptors (Lipinski definition) is 7. The summed E-state index contributed by atoms with van der Waals surface area (Å²) in [6.07, 6.45) is 0.440. The van der Waals surface area contributed by atoms with Crippen molar-refractivity contribution in [2.75, 3.05) is 0 Å². The molecular weight excluding hydrogens is 366 g/mol. The molecule has 3 aliphatic rings. The molecule has 1 aromatic carbocycles. The van der Waals surface area contributed by atoms with Crippen molar-refractivity contribution in [3.8, 4) is 5.75 Å². The first-order valence-corrected chi connectivity index (χ1v) is 8.89. The number of benzene rings is 1. The predicted molar refractivity (Wildman–Crippen MR) is 95.9 cm³/mol. The minimum atomic E-state index is -2.54. The third kappa shape index (κ3) is 2.06. The van der Waals surface area contributed by atoms with Crippen LogP contribution < -0.4 is 5.73 Å². The number of amides is 1. The molecule has 0 bridgehead atoms. The maximum atomic E-state index is 13.3. The second kappa shape index (κ2) is 5.68. The van der Waals surface area contributed by atoms with Crippen molar-refractivity contribution >= 4 is 23.2 Å². The number of Topliss-reactive ketones (excluding diaryl/α,β-unsaturated/α-hetero) is 2. The molecule has 4 atom stereocenters. The summed E-state index contributed by atoms with van der Waals surface area (Å²) in [6, 6.07) is 4.70. The van der Waals surface area contributed by atoms with E-state index in [1.807, 2.05) is 0 Å². The molecule has 0 radical (unpaired) electrons. The van der Waals surface area contributed by atoms with Gasteiger partial charge in [-0.15, -0.1) is 0 Å². The van der Waals surface area contributed by atoms with E-state index in [-0.39, 0.29) is 23.3 Å². The van der Waals surface area contributed by atoms with Gasteiger partial charge < -0.3 is 26.2 Å². The van der Waals surface area contributed by atoms with Gasteiger partial charge in [-0.2, -0.15) is 0 Å². The summed E-state index contributed by atoms with van der Waals surface area (Å²) in [4.78, 5) is 37.4. The quantitative estimate of drug-likeness (QED) is 0.444. The number of phenolic OH excluding ortho intramolecular Hbond substituents is 1. The molecule has 1 aromatic rings. The Morgan fingerprint density at radius 3 is 2.54 bits per heavy atom. The van der Waals surface area contributed by atoms with E-state index in [0.29, 0.717) is 12.0 Å². The van der Waals surface area contributed by atoms with Crippen LogP contribution in [0.2, 0.25) is 0 Å². The van der Waals surface area contributed by atoms with Gasteiger partial charge in [0.25, 0.3) is 5.91 Å². The number of aromatic hydroxyl groups is 1. The number of hydrogen-bond donors (Lipinski definition) is 5. The topological polar surface area (TPSA) is 158 Å². The Labute approximate surface area is 159 Å². The summed E-state index contributed by atoms with van der Waals surface area (Å²) < 4.78 is 0. The summed E-state index contributed by atoms with van der Waals surface area (Å²) >= 11 is 0. The van der Waals surface area contributed by atoms with Crippen LogP contribution in [0, 0.1) is 17.8 Å². The zero-order valence-electron chi connectivity index (χ0n) is 15.0. The maximum absolute atomic E-state index is 13.3. The zero-order chi connectivity index (χ0) is 20.5. The number of primary amides is 1. The van der Waals surface area contributed by atoms with Crippen molar-refractivity contribution in [2.45, 2.75) is 25.4 Å². The van der Waals surface area contributed by atoms with E-state index in [0.717, 1.165) is 0 Å². The van der Waals surface area contributed by atoms with Gasteiger partial charge >= 0.3 is 0 Å². The fourth-order valence-corrected chi connectivity index (χ4v) is 4.88. The van der Waals surface area contributed by atoms with Gasteiger partial charge in [0.05, 0.1) is 5.56 Å². The number of aliphatic hydroxyl groups excluding tert-OH is 2. The molecule has 28 heavy (non-hydrogen) atoms. The molecule has 3 aliphatic carbocycles. The second-order valence-electron chi connectivity index (χ2n) is 7.65. The standard InChI is InChI=1S/C20H19NO7/c1-7-10-6-9-5-8-3-2-4-11(22)12(8)16(24)13(9)17(25)20(10,28)18(26)14(15(7)23)19(21)27/h2-4,7,9-10,22,24,26,28H,5-6H2,1H3,(H2,21,27)/t7-,9?,10?,20-/m0/s1. The Bertz CT molecular complexity index is 1020. The molecule has 0 aliphatic heterocycles. The summed E-state index contributed by atoms with van der Waals surface area (Å²) in [5.41, 5.74) is 2.45. The van der Waals surface area contributed by atoms with Gasteiger partial charge in [0, 0.05) is 17.4 Å². The lowest BCUT2D eigenvalue weighted by molar-refractivity contribution is -0.152. The Morgan fingerprint density at radius 2 is 1.89 bits per heavy atom. The largest absolute Gasteiger partial charge is 0.508 e. The van der Waals surface area contributed by atoms with Crippen LogP contribution in [0.25, 0.3) is 5.76 Å². The van der Waals surface area contributed by atoms with Gasteiger partial charge in [0.2, 0.25) is 5.78 Å². The highest BCUT2D eigenvalue weighted by atomic mass is 16.3. The molecule has 0 heterocycles. The summed E-state index contributed by atoms with van der Waals surface area (Å²) in [6.45, 7) is 1.47. The molecule has 146 valence electrons. The van der Waals surface area contributed by atoms with Crippen molar-refractivity contribution in [2.24, 2.45) is 23.5 Å². The van der Waals surface area contributed by atoms with Crippen LogP contribution in [0.4, 0.5) is 0 Å². The SMILES string of the molecule is C[C@@H]1C(=O)C(C(N)=O)=C(O)[C@@]2(O)C(=O)C3=C(O)c4c(O)cccc4CC3CC12. The van der Waals surface area contributed by atoms with Gasteiger partial charge in [-0.05, 0) is 30.4 Å². The molecule has 1 saturated carbocycles. The third-order valence-electron chi connectivity index (χ3n) is 6.27. The first-order chi connectivity index (χ1) is 13.1. The highest BCUT2D eigenvalue weighted by Crippen LogP contribution is 2.53.